The first-order valence-corrected chi connectivity index (χ1v) is 13.0. The number of nitrogens with zero attached hydrogens (tertiary/aromatic N) is 1. The minimum Gasteiger partial charge on any atom is -0.390 e. The molecule has 0 spiro atoms. The number of fused-ring (bicyclic) bond motifs is 5. The van der Waals surface area contributed by atoms with Crippen LogP contribution >= 0.6 is 0 Å². The molecule has 5 fully saturated rings. The van der Waals surface area contributed by atoms with Crippen LogP contribution in [0.15, 0.2) is 0 Å². The number of hydrogen-bond donors (Lipinski definition) is 2. The number of rotatable bonds is 1. The predicted octanol–water partition coefficient (Wildman–Crippen LogP) is 4.52. The highest BCUT2D eigenvalue weighted by atomic mass is 16.3. The van der Waals surface area contributed by atoms with Gasteiger partial charge in [-0.25, -0.2) is 0 Å². The molecule has 4 nitrogen and oxygen atoms in total. The van der Waals surface area contributed by atoms with Crippen molar-refractivity contribution in [3.63, 3.8) is 0 Å². The van der Waals surface area contributed by atoms with Gasteiger partial charge >= 0.3 is 0 Å². The smallest absolute Gasteiger partial charge is 0.226 e. The number of amides is 1. The van der Waals surface area contributed by atoms with Crippen molar-refractivity contribution in [3.8, 4) is 0 Å². The molecule has 170 valence electrons. The summed E-state index contributed by atoms with van der Waals surface area (Å²) < 4.78 is 0. The molecule has 4 heteroatoms. The summed E-state index contributed by atoms with van der Waals surface area (Å²) >= 11 is 0. The van der Waals surface area contributed by atoms with Crippen molar-refractivity contribution in [2.75, 3.05) is 6.54 Å². The van der Waals surface area contributed by atoms with E-state index in [-0.39, 0.29) is 22.8 Å². The molecule has 0 aromatic rings. The highest BCUT2D eigenvalue weighted by molar-refractivity contribution is 5.80. The molecule has 0 aromatic heterocycles. The second-order valence-electron chi connectivity index (χ2n) is 12.0. The quantitative estimate of drug-likeness (QED) is 0.659. The molecule has 3 unspecified atom stereocenters. The molecule has 8 atom stereocenters. The van der Waals surface area contributed by atoms with E-state index in [2.05, 4.69) is 18.7 Å². The van der Waals surface area contributed by atoms with Gasteiger partial charge in [-0.2, -0.15) is 0 Å². The largest absolute Gasteiger partial charge is 0.390 e. The number of aliphatic hydroxyl groups is 2. The first kappa shape index (κ1) is 21.2. The molecular formula is C26H43NO3. The number of likely N-dealkylation sites (tertiary alicyclic amines) is 1. The monoisotopic (exact) mass is 417 g/mol. The molecule has 1 heterocycles. The molecule has 1 aliphatic heterocycles. The van der Waals surface area contributed by atoms with Gasteiger partial charge in [0.2, 0.25) is 5.91 Å². The summed E-state index contributed by atoms with van der Waals surface area (Å²) in [5, 5.41) is 21.1. The van der Waals surface area contributed by atoms with Crippen LogP contribution in [0.2, 0.25) is 0 Å². The van der Waals surface area contributed by atoms with Crippen molar-refractivity contribution in [3.05, 3.63) is 0 Å². The average molecular weight is 418 g/mol. The molecule has 2 N–H and O–H groups in total. The van der Waals surface area contributed by atoms with Gasteiger partial charge in [0.25, 0.3) is 0 Å². The van der Waals surface area contributed by atoms with Crippen molar-refractivity contribution in [2.45, 2.75) is 115 Å². The molecular weight excluding hydrogens is 374 g/mol. The Bertz CT molecular complexity index is 661. The van der Waals surface area contributed by atoms with E-state index in [9.17, 15) is 15.0 Å². The van der Waals surface area contributed by atoms with Crippen LogP contribution in [0.1, 0.15) is 97.3 Å². The van der Waals surface area contributed by atoms with Crippen molar-refractivity contribution < 1.29 is 15.0 Å². The average Bonchev–Trinajstić information content (AvgIpc) is 3.20. The van der Waals surface area contributed by atoms with Gasteiger partial charge in [0.1, 0.15) is 0 Å². The zero-order valence-electron chi connectivity index (χ0n) is 19.2. The van der Waals surface area contributed by atoms with Crippen LogP contribution in [0, 0.1) is 35.0 Å². The van der Waals surface area contributed by atoms with Gasteiger partial charge in [-0.3, -0.25) is 4.79 Å². The summed E-state index contributed by atoms with van der Waals surface area (Å²) in [5.41, 5.74) is 0.169. The zero-order chi connectivity index (χ0) is 21.1. The first-order valence-electron chi connectivity index (χ1n) is 13.0. The Labute approximate surface area is 182 Å². The fourth-order valence-corrected chi connectivity index (χ4v) is 9.12. The normalized spacial score (nSPS) is 49.7. The lowest BCUT2D eigenvalue weighted by Crippen LogP contribution is -2.64. The molecule has 0 bridgehead atoms. The molecule has 4 aliphatic carbocycles. The Morgan fingerprint density at radius 1 is 0.800 bits per heavy atom. The van der Waals surface area contributed by atoms with Gasteiger partial charge in [-0.1, -0.05) is 26.2 Å². The van der Waals surface area contributed by atoms with Crippen molar-refractivity contribution in [2.24, 2.45) is 35.0 Å². The summed E-state index contributed by atoms with van der Waals surface area (Å²) in [6.07, 6.45) is 13.5. The summed E-state index contributed by atoms with van der Waals surface area (Å²) in [7, 11) is 0. The van der Waals surface area contributed by atoms with Crippen LogP contribution < -0.4 is 0 Å². The fourth-order valence-electron chi connectivity index (χ4n) is 9.12. The van der Waals surface area contributed by atoms with Crippen LogP contribution in [0.25, 0.3) is 0 Å². The van der Waals surface area contributed by atoms with Crippen LogP contribution in [0.4, 0.5) is 0 Å². The van der Waals surface area contributed by atoms with E-state index in [4.69, 9.17) is 0 Å². The van der Waals surface area contributed by atoms with Gasteiger partial charge < -0.3 is 15.1 Å². The summed E-state index contributed by atoms with van der Waals surface area (Å²) in [6.45, 7) is 5.81. The summed E-state index contributed by atoms with van der Waals surface area (Å²) in [6, 6.07) is 0. The van der Waals surface area contributed by atoms with E-state index in [0.29, 0.717) is 23.7 Å². The number of aliphatic hydroxyl groups excluding tert-OH is 2. The van der Waals surface area contributed by atoms with Gasteiger partial charge in [0.15, 0.2) is 0 Å². The van der Waals surface area contributed by atoms with Gasteiger partial charge in [-0.05, 0) is 100 Å². The van der Waals surface area contributed by atoms with Gasteiger partial charge in [-0.15, -0.1) is 0 Å². The van der Waals surface area contributed by atoms with Crippen LogP contribution in [-0.2, 0) is 4.79 Å². The molecule has 1 saturated heterocycles. The SMILES string of the molecule is C[C@]12CC[C@H](O)[C@H](O)C1CC[C@@H]1C2CC[C@@]2(C)C1CCCCN2C(=O)C1CCCC1. The maximum atomic E-state index is 13.6. The Morgan fingerprint density at radius 2 is 1.53 bits per heavy atom. The Morgan fingerprint density at radius 3 is 2.30 bits per heavy atom. The lowest BCUT2D eigenvalue weighted by atomic mass is 9.45. The summed E-state index contributed by atoms with van der Waals surface area (Å²) in [5.74, 6) is 2.90. The van der Waals surface area contributed by atoms with Crippen LogP contribution in [0.3, 0.4) is 0 Å². The molecule has 5 aliphatic rings. The van der Waals surface area contributed by atoms with Crippen LogP contribution in [0.5, 0.6) is 0 Å². The lowest BCUT2D eigenvalue weighted by molar-refractivity contribution is -0.181. The fraction of sp³-hybridized carbons (Fsp3) is 0.962. The third kappa shape index (κ3) is 3.10. The van der Waals surface area contributed by atoms with E-state index in [1.54, 1.807) is 0 Å². The maximum Gasteiger partial charge on any atom is 0.226 e. The van der Waals surface area contributed by atoms with E-state index >= 15 is 0 Å². The second kappa shape index (κ2) is 7.76. The molecule has 5 rings (SSSR count). The Kier molecular flexibility index (Phi) is 5.50. The van der Waals surface area contributed by atoms with Crippen molar-refractivity contribution >= 4 is 5.91 Å². The van der Waals surface area contributed by atoms with Gasteiger partial charge in [0.05, 0.1) is 12.2 Å². The van der Waals surface area contributed by atoms with E-state index in [1.165, 1.54) is 38.5 Å². The zero-order valence-corrected chi connectivity index (χ0v) is 19.2. The van der Waals surface area contributed by atoms with Crippen molar-refractivity contribution in [1.29, 1.82) is 0 Å². The Balaban J connectivity index is 1.43. The van der Waals surface area contributed by atoms with E-state index < -0.39 is 12.2 Å². The third-order valence-corrected chi connectivity index (χ3v) is 10.8. The number of hydrogen-bond acceptors (Lipinski definition) is 3. The molecule has 4 saturated carbocycles. The maximum absolute atomic E-state index is 13.6. The second-order valence-corrected chi connectivity index (χ2v) is 12.0. The highest BCUT2D eigenvalue weighted by Gasteiger charge is 2.60. The van der Waals surface area contributed by atoms with E-state index in [0.717, 1.165) is 51.5 Å². The lowest BCUT2D eigenvalue weighted by Gasteiger charge is -2.63. The van der Waals surface area contributed by atoms with E-state index in [1.807, 2.05) is 0 Å². The minimum absolute atomic E-state index is 0.0212. The van der Waals surface area contributed by atoms with Crippen LogP contribution in [-0.4, -0.2) is 45.3 Å². The highest BCUT2D eigenvalue weighted by Crippen LogP contribution is 2.63. The topological polar surface area (TPSA) is 60.8 Å². The minimum atomic E-state index is -0.549. The first-order chi connectivity index (χ1) is 14.4. The standard InChI is InChI=1S/C26H43NO3/c1-25-14-13-22(28)23(29)21(25)11-10-18-19(25)12-15-26(2)20(18)9-5-6-16-27(26)24(30)17-7-3-4-8-17/h17-23,28-29H,3-16H2,1-2H3/t18-,19?,20?,21?,22+,23-,25-,26+/m1/s1. The predicted molar refractivity (Wildman–Crippen MR) is 118 cm³/mol. The van der Waals surface area contributed by atoms with Gasteiger partial charge in [0, 0.05) is 18.0 Å². The number of carbonyl (C=O) groups is 1. The molecule has 0 radical (unpaired) electrons. The molecule has 0 aromatic carbocycles. The summed E-state index contributed by atoms with van der Waals surface area (Å²) in [4.78, 5) is 16.0. The third-order valence-electron chi connectivity index (χ3n) is 10.8. The Hall–Kier alpha value is -0.610. The number of carbonyl (C=O) groups excluding carboxylic acids is 1. The molecule has 1 amide bonds. The van der Waals surface area contributed by atoms with Crippen molar-refractivity contribution in [1.82, 2.24) is 4.90 Å². The molecule has 30 heavy (non-hydrogen) atoms.